The van der Waals surface area contributed by atoms with Crippen LogP contribution in [0.1, 0.15) is 53.6 Å². The number of rotatable bonds is 12. The molecule has 0 bridgehead atoms. The molecule has 1 aromatic heterocycles. The molecule has 42 heavy (non-hydrogen) atoms. The number of hydrogen-bond donors (Lipinski definition) is 3. The predicted molar refractivity (Wildman–Crippen MR) is 146 cm³/mol. The van der Waals surface area contributed by atoms with Gasteiger partial charge >= 0.3 is 18.1 Å². The maximum atomic E-state index is 15.4. The molecule has 0 fully saturated rings. The zero-order chi connectivity index (χ0) is 31.0. The highest BCUT2D eigenvalue weighted by atomic mass is 35.5. The van der Waals surface area contributed by atoms with Crippen LogP contribution in [-0.4, -0.2) is 48.2 Å². The number of fused-ring (bicyclic) bond motifs is 1. The molecule has 0 radical (unpaired) electrons. The monoisotopic (exact) mass is 612 g/mol. The van der Waals surface area contributed by atoms with Crippen LogP contribution >= 0.6 is 11.6 Å². The number of aromatic nitrogens is 1. The maximum Gasteiger partial charge on any atom is 0.491 e. The number of carbonyl (C=O) groups excluding carboxylic acids is 3. The Morgan fingerprint density at radius 2 is 1.83 bits per heavy atom. The van der Waals surface area contributed by atoms with Crippen LogP contribution < -0.4 is 21.5 Å². The van der Waals surface area contributed by atoms with E-state index in [9.17, 15) is 27.6 Å². The number of benzene rings is 2. The van der Waals surface area contributed by atoms with Crippen LogP contribution in [0.15, 0.2) is 42.6 Å². The van der Waals surface area contributed by atoms with Gasteiger partial charge in [-0.25, -0.2) is 9.18 Å². The van der Waals surface area contributed by atoms with Crippen molar-refractivity contribution in [2.75, 3.05) is 13.2 Å². The highest BCUT2D eigenvalue weighted by Gasteiger charge is 2.42. The molecular weight excluding hydrogens is 584 g/mol. The molecule has 0 aliphatic carbocycles. The molecule has 3 rings (SSSR count). The fraction of sp³-hybridized carbons (Fsp3) is 0.357. The van der Waals surface area contributed by atoms with E-state index in [4.69, 9.17) is 27.8 Å². The van der Waals surface area contributed by atoms with Crippen LogP contribution in [0.5, 0.6) is 5.75 Å². The van der Waals surface area contributed by atoms with E-state index in [0.717, 1.165) is 12.3 Å². The third kappa shape index (κ3) is 8.14. The van der Waals surface area contributed by atoms with Crippen LogP contribution in [-0.2, 0) is 20.9 Å². The summed E-state index contributed by atoms with van der Waals surface area (Å²) in [6.45, 7) is 2.02. The van der Waals surface area contributed by atoms with Crippen molar-refractivity contribution in [1.29, 1.82) is 0 Å². The maximum absolute atomic E-state index is 15.4. The van der Waals surface area contributed by atoms with Crippen molar-refractivity contribution in [3.63, 3.8) is 0 Å². The lowest BCUT2D eigenvalue weighted by Crippen LogP contribution is -2.38. The molecular formula is C28H29ClF4N4O5. The molecule has 2 unspecified atom stereocenters. The third-order valence-corrected chi connectivity index (χ3v) is 6.49. The summed E-state index contributed by atoms with van der Waals surface area (Å²) in [7, 11) is 0. The van der Waals surface area contributed by atoms with Gasteiger partial charge in [-0.3, -0.25) is 14.6 Å². The third-order valence-electron chi connectivity index (χ3n) is 6.24. The highest BCUT2D eigenvalue weighted by Crippen LogP contribution is 2.36. The van der Waals surface area contributed by atoms with E-state index >= 15 is 4.39 Å². The van der Waals surface area contributed by atoms with Gasteiger partial charge in [0.2, 0.25) is 0 Å². The number of pyridine rings is 1. The number of alkyl halides is 3. The first-order valence-electron chi connectivity index (χ1n) is 12.9. The highest BCUT2D eigenvalue weighted by molar-refractivity contribution is 6.30. The normalized spacial score (nSPS) is 13.0. The number of ether oxygens (including phenoxy) is 2. The van der Waals surface area contributed by atoms with Crippen LogP contribution in [0, 0.1) is 5.82 Å². The molecule has 9 nitrogen and oxygen atoms in total. The van der Waals surface area contributed by atoms with E-state index in [-0.39, 0.29) is 31.7 Å². The van der Waals surface area contributed by atoms with Crippen molar-refractivity contribution in [2.24, 2.45) is 11.5 Å². The summed E-state index contributed by atoms with van der Waals surface area (Å²) < 4.78 is 64.9. The predicted octanol–water partition coefficient (Wildman–Crippen LogP) is 4.53. The number of carbonyl (C=O) groups is 3. The first-order chi connectivity index (χ1) is 19.9. The second-order valence-electron chi connectivity index (χ2n) is 9.33. The number of nitrogens with one attached hydrogen (secondary N) is 1. The Labute approximate surface area is 243 Å². The largest absolute Gasteiger partial charge is 0.491 e. The second kappa shape index (κ2) is 14.4. The summed E-state index contributed by atoms with van der Waals surface area (Å²) in [5, 5.41) is 2.54. The lowest BCUT2D eigenvalue weighted by atomic mass is 9.86. The summed E-state index contributed by atoms with van der Waals surface area (Å²) in [6.07, 6.45) is -3.55. The van der Waals surface area contributed by atoms with Gasteiger partial charge in [-0.05, 0) is 61.2 Å². The molecule has 0 aliphatic rings. The van der Waals surface area contributed by atoms with E-state index in [2.05, 4.69) is 15.0 Å². The topological polar surface area (TPSA) is 147 Å². The summed E-state index contributed by atoms with van der Waals surface area (Å²) in [5.41, 5.74) is 11.4. The minimum absolute atomic E-state index is 0.0645. The molecule has 2 atom stereocenters. The Balaban J connectivity index is 2.13. The van der Waals surface area contributed by atoms with Crippen molar-refractivity contribution in [1.82, 2.24) is 10.3 Å². The number of halogens is 5. The number of nitrogens with zero attached hydrogens (tertiary/aromatic N) is 1. The fourth-order valence-electron chi connectivity index (χ4n) is 4.13. The van der Waals surface area contributed by atoms with Gasteiger partial charge in [0.1, 0.15) is 22.9 Å². The van der Waals surface area contributed by atoms with Crippen LogP contribution in [0.3, 0.4) is 0 Å². The van der Waals surface area contributed by atoms with Crippen molar-refractivity contribution >= 4 is 40.3 Å². The Morgan fingerprint density at radius 3 is 2.45 bits per heavy atom. The standard InChI is InChI=1S/C28H29ClF4N4O5/c1-2-10-41-26(39)22(35)18(4-3-9-34)16-11-19-23(21(30)12-16)36-14-20(24(19)42-27(40)28(31,32)33)25(38)37-13-15-5-7-17(29)8-6-15/h5-8,11-12,14,18,22H,2-4,9-10,13,34-35H2,1H3,(H,37,38). The minimum Gasteiger partial charge on any atom is -0.465 e. The van der Waals surface area contributed by atoms with Crippen molar-refractivity contribution in [3.05, 3.63) is 70.1 Å². The van der Waals surface area contributed by atoms with E-state index in [0.29, 0.717) is 23.4 Å². The van der Waals surface area contributed by atoms with Crippen molar-refractivity contribution in [3.8, 4) is 5.75 Å². The van der Waals surface area contributed by atoms with Gasteiger partial charge in [0.15, 0.2) is 5.75 Å². The average molecular weight is 613 g/mol. The quantitative estimate of drug-likeness (QED) is 0.200. The lowest BCUT2D eigenvalue weighted by Gasteiger charge is -2.24. The SMILES string of the molecule is CCCOC(=O)C(N)C(CCCN)c1cc(F)c2ncc(C(=O)NCc3ccc(Cl)cc3)c(OC(=O)C(F)(F)F)c2c1. The van der Waals surface area contributed by atoms with Crippen LogP contribution in [0.2, 0.25) is 5.02 Å². The molecule has 0 aliphatic heterocycles. The van der Waals surface area contributed by atoms with Crippen molar-refractivity contribution < 1.29 is 41.4 Å². The molecule has 1 amide bonds. The second-order valence-corrected chi connectivity index (χ2v) is 9.76. The minimum atomic E-state index is -5.43. The Kier molecular flexibility index (Phi) is 11.2. The van der Waals surface area contributed by atoms with E-state index in [1.165, 1.54) is 6.07 Å². The molecule has 2 aromatic carbocycles. The average Bonchev–Trinajstić information content (AvgIpc) is 2.95. The molecule has 1 heterocycles. The van der Waals surface area contributed by atoms with Gasteiger partial charge in [-0.1, -0.05) is 30.7 Å². The summed E-state index contributed by atoms with van der Waals surface area (Å²) in [4.78, 5) is 41.5. The number of hydrogen-bond acceptors (Lipinski definition) is 8. The van der Waals surface area contributed by atoms with Crippen LogP contribution in [0.4, 0.5) is 17.6 Å². The lowest BCUT2D eigenvalue weighted by molar-refractivity contribution is -0.189. The number of esters is 2. The summed E-state index contributed by atoms with van der Waals surface area (Å²) >= 11 is 5.86. The van der Waals surface area contributed by atoms with Gasteiger partial charge < -0.3 is 26.3 Å². The van der Waals surface area contributed by atoms with Gasteiger partial charge in [0.05, 0.1) is 6.61 Å². The van der Waals surface area contributed by atoms with Crippen molar-refractivity contribution in [2.45, 2.75) is 50.9 Å². The van der Waals surface area contributed by atoms with E-state index in [1.54, 1.807) is 31.2 Å². The first-order valence-corrected chi connectivity index (χ1v) is 13.3. The van der Waals surface area contributed by atoms with Gasteiger partial charge in [-0.2, -0.15) is 13.2 Å². The molecule has 14 heteroatoms. The van der Waals surface area contributed by atoms with E-state index < -0.39 is 64.0 Å². The number of nitrogens with two attached hydrogens (primary N) is 2. The van der Waals surface area contributed by atoms with Gasteiger partial charge in [-0.15, -0.1) is 0 Å². The van der Waals surface area contributed by atoms with Crippen LogP contribution in [0.25, 0.3) is 10.9 Å². The number of amides is 1. The zero-order valence-corrected chi connectivity index (χ0v) is 23.2. The first kappa shape index (κ1) is 32.7. The van der Waals surface area contributed by atoms with E-state index in [1.807, 2.05) is 0 Å². The molecule has 226 valence electrons. The molecule has 5 N–H and O–H groups in total. The summed E-state index contributed by atoms with van der Waals surface area (Å²) in [6, 6.07) is 7.32. The zero-order valence-electron chi connectivity index (χ0n) is 22.5. The Bertz CT molecular complexity index is 1440. The molecule has 3 aromatic rings. The Morgan fingerprint density at radius 1 is 1.14 bits per heavy atom. The smallest absolute Gasteiger partial charge is 0.465 e. The molecule has 0 saturated heterocycles. The van der Waals surface area contributed by atoms with Gasteiger partial charge in [0.25, 0.3) is 5.91 Å². The summed E-state index contributed by atoms with van der Waals surface area (Å²) in [5.74, 6) is -7.10. The molecule has 0 spiro atoms. The fourth-order valence-corrected chi connectivity index (χ4v) is 4.25. The molecule has 0 saturated carbocycles. The van der Waals surface area contributed by atoms with Gasteiger partial charge in [0, 0.05) is 29.1 Å². The Hall–Kier alpha value is -3.81.